The van der Waals surface area contributed by atoms with Gasteiger partial charge >= 0.3 is 5.97 Å². The molecular formula is C8H12N2O2S. The number of aromatic carboxylic acids is 1. The van der Waals surface area contributed by atoms with Crippen molar-refractivity contribution in [3.05, 3.63) is 11.5 Å². The molecule has 0 radical (unpaired) electrons. The number of aromatic nitrogens is 2. The lowest BCUT2D eigenvalue weighted by Crippen LogP contribution is -1.98. The minimum atomic E-state index is -0.945. The molecule has 0 amide bonds. The van der Waals surface area contributed by atoms with Gasteiger partial charge in [0.1, 0.15) is 10.9 Å². The molecule has 1 heterocycles. The van der Waals surface area contributed by atoms with Crippen LogP contribution in [-0.2, 0) is 6.42 Å². The quantitative estimate of drug-likeness (QED) is 0.727. The van der Waals surface area contributed by atoms with Gasteiger partial charge < -0.3 is 10.1 Å². The molecule has 4 nitrogen and oxygen atoms in total. The number of rotatable bonds is 4. The summed E-state index contributed by atoms with van der Waals surface area (Å²) in [6.07, 6.45) is 3.57. The molecule has 72 valence electrons. The number of carbonyl (C=O) groups is 1. The van der Waals surface area contributed by atoms with Crippen molar-refractivity contribution in [1.29, 1.82) is 0 Å². The van der Waals surface area contributed by atoms with Gasteiger partial charge in [0.05, 0.1) is 0 Å². The predicted octanol–water partition coefficient (Wildman–Crippen LogP) is 1.78. The van der Waals surface area contributed by atoms with Crippen molar-refractivity contribution < 1.29 is 9.90 Å². The summed E-state index contributed by atoms with van der Waals surface area (Å²) in [6, 6.07) is 0. The molecule has 0 aliphatic rings. The van der Waals surface area contributed by atoms with Gasteiger partial charge in [-0.3, -0.25) is 0 Å². The summed E-state index contributed by atoms with van der Waals surface area (Å²) in [5.74, 6) is -0.191. The number of imidazole rings is 1. The van der Waals surface area contributed by atoms with Crippen LogP contribution in [-0.4, -0.2) is 27.3 Å². The van der Waals surface area contributed by atoms with Crippen LogP contribution in [0.4, 0.5) is 0 Å². The molecule has 0 spiro atoms. The molecule has 5 heteroatoms. The number of nitrogens with zero attached hydrogens (tertiary/aromatic N) is 1. The highest BCUT2D eigenvalue weighted by Crippen LogP contribution is 2.18. The Labute approximate surface area is 80.8 Å². The largest absolute Gasteiger partial charge is 0.476 e. The number of carboxylic acids is 1. The fourth-order valence-corrected chi connectivity index (χ4v) is 1.60. The number of hydrogen-bond acceptors (Lipinski definition) is 3. The van der Waals surface area contributed by atoms with Crippen molar-refractivity contribution in [2.75, 3.05) is 6.26 Å². The molecular weight excluding hydrogens is 188 g/mol. The van der Waals surface area contributed by atoms with Crippen LogP contribution >= 0.6 is 11.8 Å². The maximum atomic E-state index is 10.7. The lowest BCUT2D eigenvalue weighted by atomic mass is 10.3. The molecule has 13 heavy (non-hydrogen) atoms. The summed E-state index contributed by atoms with van der Waals surface area (Å²) >= 11 is 1.35. The Morgan fingerprint density at radius 1 is 1.69 bits per heavy atom. The van der Waals surface area contributed by atoms with Crippen LogP contribution in [0.25, 0.3) is 0 Å². The maximum absolute atomic E-state index is 10.7. The number of hydrogen-bond donors (Lipinski definition) is 2. The Bertz CT molecular complexity index is 309. The standard InChI is InChI=1S/C8H12N2O2S/c1-3-4-5-9-6(8(11)12)7(10-5)13-2/h3-4H2,1-2H3,(H,9,10)(H,11,12). The number of carboxylic acid groups (broad SMARTS) is 1. The Morgan fingerprint density at radius 3 is 2.77 bits per heavy atom. The topological polar surface area (TPSA) is 66.0 Å². The SMILES string of the molecule is CCCc1nc(SC)c(C(=O)O)[nH]1. The van der Waals surface area contributed by atoms with Crippen LogP contribution in [0.2, 0.25) is 0 Å². The Kier molecular flexibility index (Phi) is 3.36. The minimum Gasteiger partial charge on any atom is -0.476 e. The smallest absolute Gasteiger partial charge is 0.355 e. The molecule has 0 saturated carbocycles. The molecule has 1 rings (SSSR count). The Hall–Kier alpha value is -0.970. The summed E-state index contributed by atoms with van der Waals surface area (Å²) < 4.78 is 0. The van der Waals surface area contributed by atoms with E-state index in [0.717, 1.165) is 18.7 Å². The molecule has 1 aromatic rings. The molecule has 0 unspecified atom stereocenters. The van der Waals surface area contributed by atoms with Crippen molar-refractivity contribution in [1.82, 2.24) is 9.97 Å². The maximum Gasteiger partial charge on any atom is 0.355 e. The average Bonchev–Trinajstić information content (AvgIpc) is 2.48. The molecule has 2 N–H and O–H groups in total. The van der Waals surface area contributed by atoms with Crippen molar-refractivity contribution in [3.8, 4) is 0 Å². The first kappa shape index (κ1) is 10.1. The zero-order valence-electron chi connectivity index (χ0n) is 7.63. The van der Waals surface area contributed by atoms with E-state index in [-0.39, 0.29) is 5.69 Å². The average molecular weight is 200 g/mol. The molecule has 0 aliphatic carbocycles. The molecule has 0 saturated heterocycles. The van der Waals surface area contributed by atoms with Gasteiger partial charge in [-0.1, -0.05) is 6.92 Å². The first-order valence-electron chi connectivity index (χ1n) is 4.05. The molecule has 0 aromatic carbocycles. The molecule has 0 atom stereocenters. The van der Waals surface area contributed by atoms with E-state index < -0.39 is 5.97 Å². The van der Waals surface area contributed by atoms with E-state index in [9.17, 15) is 4.79 Å². The second-order valence-corrected chi connectivity index (χ2v) is 3.42. The van der Waals surface area contributed by atoms with Gasteiger partial charge in [0.2, 0.25) is 0 Å². The van der Waals surface area contributed by atoms with Gasteiger partial charge in [-0.2, -0.15) is 0 Å². The summed E-state index contributed by atoms with van der Waals surface area (Å²) in [4.78, 5) is 17.7. The monoisotopic (exact) mass is 200 g/mol. The van der Waals surface area contributed by atoms with Gasteiger partial charge in [-0.25, -0.2) is 9.78 Å². The van der Waals surface area contributed by atoms with Crippen LogP contribution in [0.15, 0.2) is 5.03 Å². The van der Waals surface area contributed by atoms with Crippen LogP contribution in [0.3, 0.4) is 0 Å². The second kappa shape index (κ2) is 4.32. The van der Waals surface area contributed by atoms with Crippen LogP contribution in [0.5, 0.6) is 0 Å². The normalized spacial score (nSPS) is 10.3. The third-order valence-corrected chi connectivity index (χ3v) is 2.30. The zero-order chi connectivity index (χ0) is 9.84. The van der Waals surface area contributed by atoms with Gasteiger partial charge in [-0.05, 0) is 12.7 Å². The van der Waals surface area contributed by atoms with Crippen molar-refractivity contribution >= 4 is 17.7 Å². The van der Waals surface area contributed by atoms with Gasteiger partial charge in [-0.15, -0.1) is 11.8 Å². The van der Waals surface area contributed by atoms with Crippen molar-refractivity contribution in [3.63, 3.8) is 0 Å². The van der Waals surface area contributed by atoms with E-state index in [1.165, 1.54) is 11.8 Å². The van der Waals surface area contributed by atoms with E-state index >= 15 is 0 Å². The van der Waals surface area contributed by atoms with E-state index in [0.29, 0.717) is 5.03 Å². The van der Waals surface area contributed by atoms with Gasteiger partial charge in [0.25, 0.3) is 0 Å². The first-order chi connectivity index (χ1) is 6.19. The fraction of sp³-hybridized carbons (Fsp3) is 0.500. The highest BCUT2D eigenvalue weighted by molar-refractivity contribution is 7.98. The van der Waals surface area contributed by atoms with E-state index in [2.05, 4.69) is 9.97 Å². The lowest BCUT2D eigenvalue weighted by molar-refractivity contribution is 0.0687. The lowest BCUT2D eigenvalue weighted by Gasteiger charge is -1.89. The van der Waals surface area contributed by atoms with E-state index in [1.807, 2.05) is 13.2 Å². The third kappa shape index (κ3) is 2.24. The predicted molar refractivity (Wildman–Crippen MR) is 51.3 cm³/mol. The highest BCUT2D eigenvalue weighted by atomic mass is 32.2. The number of H-pyrrole nitrogens is 1. The second-order valence-electron chi connectivity index (χ2n) is 2.62. The highest BCUT2D eigenvalue weighted by Gasteiger charge is 2.14. The van der Waals surface area contributed by atoms with Crippen LogP contribution in [0.1, 0.15) is 29.7 Å². The summed E-state index contributed by atoms with van der Waals surface area (Å²) in [5, 5.41) is 9.36. The van der Waals surface area contributed by atoms with Gasteiger partial charge in [0.15, 0.2) is 5.69 Å². The van der Waals surface area contributed by atoms with Gasteiger partial charge in [0, 0.05) is 6.42 Å². The molecule has 1 aromatic heterocycles. The number of aryl methyl sites for hydroxylation is 1. The van der Waals surface area contributed by atoms with E-state index in [1.54, 1.807) is 0 Å². The third-order valence-electron chi connectivity index (χ3n) is 1.61. The molecule has 0 fully saturated rings. The van der Waals surface area contributed by atoms with Crippen LogP contribution in [0, 0.1) is 0 Å². The molecule has 0 aliphatic heterocycles. The summed E-state index contributed by atoms with van der Waals surface area (Å²) in [5.41, 5.74) is 0.205. The summed E-state index contributed by atoms with van der Waals surface area (Å²) in [6.45, 7) is 2.03. The van der Waals surface area contributed by atoms with Crippen molar-refractivity contribution in [2.24, 2.45) is 0 Å². The minimum absolute atomic E-state index is 0.205. The van der Waals surface area contributed by atoms with Crippen molar-refractivity contribution in [2.45, 2.75) is 24.8 Å². The fourth-order valence-electron chi connectivity index (χ4n) is 1.05. The number of nitrogens with one attached hydrogen (secondary N) is 1. The number of aromatic amines is 1. The Balaban J connectivity index is 2.97. The number of thioether (sulfide) groups is 1. The Morgan fingerprint density at radius 2 is 2.38 bits per heavy atom. The molecule has 0 bridgehead atoms. The zero-order valence-corrected chi connectivity index (χ0v) is 8.44. The first-order valence-corrected chi connectivity index (χ1v) is 5.27. The van der Waals surface area contributed by atoms with E-state index in [4.69, 9.17) is 5.11 Å². The van der Waals surface area contributed by atoms with Crippen LogP contribution < -0.4 is 0 Å². The summed E-state index contributed by atoms with van der Waals surface area (Å²) in [7, 11) is 0.